The summed E-state index contributed by atoms with van der Waals surface area (Å²) < 4.78 is 32.0. The molecule has 0 saturated heterocycles. The lowest BCUT2D eigenvalue weighted by molar-refractivity contribution is -0.120. The van der Waals surface area contributed by atoms with Gasteiger partial charge in [0.2, 0.25) is 15.9 Å². The smallest absolute Gasteiger partial charge is 0.240 e. The Bertz CT molecular complexity index is 839. The standard InChI is InChI=1S/C18H21ClN2O4S/c1-2-25-16-8-6-14(7-9-16)12-18(22)20-10-11-21-26(23,24)17-5-3-4-15(19)13-17/h3-9,13,21H,2,10-12H2,1H3,(H,20,22). The normalized spacial score (nSPS) is 11.2. The van der Waals surface area contributed by atoms with Crippen molar-refractivity contribution < 1.29 is 17.9 Å². The average Bonchev–Trinajstić information content (AvgIpc) is 2.61. The molecule has 0 heterocycles. The van der Waals surface area contributed by atoms with Crippen molar-refractivity contribution in [3.8, 4) is 5.75 Å². The van der Waals surface area contributed by atoms with Crippen LogP contribution in [0.25, 0.3) is 0 Å². The van der Waals surface area contributed by atoms with E-state index in [4.69, 9.17) is 16.3 Å². The van der Waals surface area contributed by atoms with E-state index in [9.17, 15) is 13.2 Å². The fraction of sp³-hybridized carbons (Fsp3) is 0.278. The Balaban J connectivity index is 1.76. The topological polar surface area (TPSA) is 84.5 Å². The first-order valence-electron chi connectivity index (χ1n) is 8.14. The zero-order valence-electron chi connectivity index (χ0n) is 14.4. The number of halogens is 1. The fourth-order valence-corrected chi connectivity index (χ4v) is 3.56. The molecule has 0 atom stereocenters. The summed E-state index contributed by atoms with van der Waals surface area (Å²) in [6, 6.07) is 13.3. The van der Waals surface area contributed by atoms with Crippen LogP contribution >= 0.6 is 11.6 Å². The summed E-state index contributed by atoms with van der Waals surface area (Å²) in [4.78, 5) is 12.0. The van der Waals surface area contributed by atoms with Gasteiger partial charge in [-0.1, -0.05) is 29.8 Å². The molecule has 0 fully saturated rings. The van der Waals surface area contributed by atoms with Crippen LogP contribution in [0.15, 0.2) is 53.4 Å². The summed E-state index contributed by atoms with van der Waals surface area (Å²) in [5, 5.41) is 3.03. The van der Waals surface area contributed by atoms with Gasteiger partial charge in [0.1, 0.15) is 5.75 Å². The summed E-state index contributed by atoms with van der Waals surface area (Å²) >= 11 is 5.80. The molecular formula is C18H21ClN2O4S. The Kier molecular flexibility index (Phi) is 7.44. The summed E-state index contributed by atoms with van der Waals surface area (Å²) in [6.45, 7) is 2.77. The average molecular weight is 397 g/mol. The summed E-state index contributed by atoms with van der Waals surface area (Å²) in [5.74, 6) is 0.572. The minimum atomic E-state index is -3.65. The van der Waals surface area contributed by atoms with E-state index < -0.39 is 10.0 Å². The second-order valence-corrected chi connectivity index (χ2v) is 7.66. The van der Waals surface area contributed by atoms with Gasteiger partial charge in [0.05, 0.1) is 17.9 Å². The maximum atomic E-state index is 12.1. The Hall–Kier alpha value is -2.09. The zero-order chi connectivity index (χ0) is 19.0. The molecule has 140 valence electrons. The summed E-state index contributed by atoms with van der Waals surface area (Å²) in [5.41, 5.74) is 0.852. The van der Waals surface area contributed by atoms with Gasteiger partial charge in [-0.05, 0) is 42.8 Å². The number of carbonyl (C=O) groups is 1. The van der Waals surface area contributed by atoms with E-state index in [0.29, 0.717) is 11.6 Å². The highest BCUT2D eigenvalue weighted by atomic mass is 35.5. The molecule has 0 aromatic heterocycles. The zero-order valence-corrected chi connectivity index (χ0v) is 15.9. The number of benzene rings is 2. The molecule has 0 spiro atoms. The predicted molar refractivity (Wildman–Crippen MR) is 101 cm³/mol. The number of nitrogens with one attached hydrogen (secondary N) is 2. The number of hydrogen-bond donors (Lipinski definition) is 2. The van der Waals surface area contributed by atoms with Gasteiger partial charge in [0.15, 0.2) is 0 Å². The molecular weight excluding hydrogens is 376 g/mol. The van der Waals surface area contributed by atoms with Crippen LogP contribution in [0, 0.1) is 0 Å². The van der Waals surface area contributed by atoms with E-state index in [-0.39, 0.29) is 30.3 Å². The van der Waals surface area contributed by atoms with E-state index in [0.717, 1.165) is 11.3 Å². The van der Waals surface area contributed by atoms with E-state index in [2.05, 4.69) is 10.0 Å². The van der Waals surface area contributed by atoms with Crippen LogP contribution in [-0.4, -0.2) is 34.0 Å². The molecule has 0 saturated carbocycles. The number of carbonyl (C=O) groups excluding carboxylic acids is 1. The molecule has 1 amide bonds. The van der Waals surface area contributed by atoms with Crippen molar-refractivity contribution in [1.29, 1.82) is 0 Å². The molecule has 8 heteroatoms. The first kappa shape index (κ1) is 20.2. The van der Waals surface area contributed by atoms with Crippen LogP contribution in [0.3, 0.4) is 0 Å². The highest BCUT2D eigenvalue weighted by Gasteiger charge is 2.13. The maximum absolute atomic E-state index is 12.1. The highest BCUT2D eigenvalue weighted by molar-refractivity contribution is 7.89. The number of hydrogen-bond acceptors (Lipinski definition) is 4. The second-order valence-electron chi connectivity index (χ2n) is 5.46. The lowest BCUT2D eigenvalue weighted by Crippen LogP contribution is -2.35. The Morgan fingerprint density at radius 3 is 2.50 bits per heavy atom. The van der Waals surface area contributed by atoms with Crippen LogP contribution in [0.5, 0.6) is 5.75 Å². The molecule has 0 unspecified atom stereocenters. The van der Waals surface area contributed by atoms with Crippen molar-refractivity contribution in [3.63, 3.8) is 0 Å². The lowest BCUT2D eigenvalue weighted by atomic mass is 10.1. The van der Waals surface area contributed by atoms with Crippen molar-refractivity contribution in [2.24, 2.45) is 0 Å². The second kappa shape index (κ2) is 9.56. The minimum Gasteiger partial charge on any atom is -0.494 e. The number of amides is 1. The van der Waals surface area contributed by atoms with Gasteiger partial charge in [-0.2, -0.15) is 0 Å². The molecule has 0 aliphatic rings. The van der Waals surface area contributed by atoms with Gasteiger partial charge in [0, 0.05) is 18.1 Å². The third-order valence-electron chi connectivity index (χ3n) is 3.44. The molecule has 2 rings (SSSR count). The van der Waals surface area contributed by atoms with Crippen molar-refractivity contribution in [2.75, 3.05) is 19.7 Å². The van der Waals surface area contributed by atoms with Crippen LogP contribution in [0.1, 0.15) is 12.5 Å². The van der Waals surface area contributed by atoms with E-state index in [1.165, 1.54) is 12.1 Å². The third-order valence-corrected chi connectivity index (χ3v) is 5.14. The van der Waals surface area contributed by atoms with Crippen molar-refractivity contribution in [1.82, 2.24) is 10.0 Å². The third kappa shape index (κ3) is 6.33. The van der Waals surface area contributed by atoms with Crippen molar-refractivity contribution in [2.45, 2.75) is 18.2 Å². The van der Waals surface area contributed by atoms with E-state index >= 15 is 0 Å². The molecule has 0 radical (unpaired) electrons. The van der Waals surface area contributed by atoms with Gasteiger partial charge < -0.3 is 10.1 Å². The van der Waals surface area contributed by atoms with E-state index in [1.54, 1.807) is 12.1 Å². The number of ether oxygens (including phenoxy) is 1. The van der Waals surface area contributed by atoms with Crippen LogP contribution in [-0.2, 0) is 21.2 Å². The highest BCUT2D eigenvalue weighted by Crippen LogP contribution is 2.15. The molecule has 26 heavy (non-hydrogen) atoms. The predicted octanol–water partition coefficient (Wildman–Crippen LogP) is 2.38. The number of sulfonamides is 1. The largest absolute Gasteiger partial charge is 0.494 e. The van der Waals surface area contributed by atoms with Gasteiger partial charge in [-0.25, -0.2) is 13.1 Å². The quantitative estimate of drug-likeness (QED) is 0.637. The fourth-order valence-electron chi connectivity index (χ4n) is 2.22. The van der Waals surface area contributed by atoms with Crippen molar-refractivity contribution in [3.05, 3.63) is 59.1 Å². The van der Waals surface area contributed by atoms with Crippen LogP contribution in [0.2, 0.25) is 5.02 Å². The van der Waals surface area contributed by atoms with E-state index in [1.807, 2.05) is 31.2 Å². The molecule has 2 aromatic rings. The van der Waals surface area contributed by atoms with Crippen LogP contribution < -0.4 is 14.8 Å². The first-order chi connectivity index (χ1) is 12.4. The van der Waals surface area contributed by atoms with Crippen molar-refractivity contribution >= 4 is 27.5 Å². The molecule has 0 aliphatic carbocycles. The molecule has 0 bridgehead atoms. The monoisotopic (exact) mass is 396 g/mol. The van der Waals surface area contributed by atoms with Crippen LogP contribution in [0.4, 0.5) is 0 Å². The van der Waals surface area contributed by atoms with Gasteiger partial charge >= 0.3 is 0 Å². The molecule has 2 aromatic carbocycles. The maximum Gasteiger partial charge on any atom is 0.240 e. The Morgan fingerprint density at radius 2 is 1.85 bits per heavy atom. The summed E-state index contributed by atoms with van der Waals surface area (Å²) in [6.07, 6.45) is 0.216. The first-order valence-corrected chi connectivity index (χ1v) is 10.0. The Morgan fingerprint density at radius 1 is 1.12 bits per heavy atom. The summed E-state index contributed by atoms with van der Waals surface area (Å²) in [7, 11) is -3.65. The molecule has 0 aliphatic heterocycles. The van der Waals surface area contributed by atoms with Gasteiger partial charge in [0.25, 0.3) is 0 Å². The molecule has 6 nitrogen and oxygen atoms in total. The SMILES string of the molecule is CCOc1ccc(CC(=O)NCCNS(=O)(=O)c2cccc(Cl)c2)cc1. The number of rotatable bonds is 9. The van der Waals surface area contributed by atoms with Gasteiger partial charge in [-0.3, -0.25) is 4.79 Å². The minimum absolute atomic E-state index is 0.0872. The Labute approximate surface area is 158 Å². The lowest BCUT2D eigenvalue weighted by Gasteiger charge is -2.09. The molecule has 2 N–H and O–H groups in total. The van der Waals surface area contributed by atoms with Gasteiger partial charge in [-0.15, -0.1) is 0 Å².